The molecule has 2 N–H and O–H groups in total. The molecule has 0 saturated carbocycles. The van der Waals surface area contributed by atoms with E-state index in [1.807, 2.05) is 0 Å². The van der Waals surface area contributed by atoms with Crippen LogP contribution in [0.3, 0.4) is 0 Å². The number of piperidine rings is 1. The van der Waals surface area contributed by atoms with E-state index in [0.717, 1.165) is 32.0 Å². The normalized spacial score (nSPS) is 23.9. The fraction of sp³-hybridized carbons (Fsp3) is 0.647. The number of aliphatic hydroxyl groups excluding tert-OH is 1. The molecule has 3 heteroatoms. The topological polar surface area (TPSA) is 35.5 Å². The first-order valence-corrected chi connectivity index (χ1v) is 7.79. The van der Waals surface area contributed by atoms with Crippen LogP contribution >= 0.6 is 0 Å². The molecule has 2 atom stereocenters. The second kappa shape index (κ2) is 7.77. The van der Waals surface area contributed by atoms with Crippen LogP contribution in [0.4, 0.5) is 0 Å². The van der Waals surface area contributed by atoms with Crippen molar-refractivity contribution in [1.29, 1.82) is 0 Å². The van der Waals surface area contributed by atoms with Crippen molar-refractivity contribution in [3.63, 3.8) is 0 Å². The van der Waals surface area contributed by atoms with Gasteiger partial charge in [-0.2, -0.15) is 0 Å². The Morgan fingerprint density at radius 2 is 2.00 bits per heavy atom. The maximum absolute atomic E-state index is 8.87. The summed E-state index contributed by atoms with van der Waals surface area (Å²) in [4.78, 5) is 2.55. The van der Waals surface area contributed by atoms with E-state index in [-0.39, 0.29) is 6.61 Å². The highest BCUT2D eigenvalue weighted by Gasteiger charge is 2.24. The van der Waals surface area contributed by atoms with Gasteiger partial charge >= 0.3 is 0 Å². The smallest absolute Gasteiger partial charge is 0.0443 e. The van der Waals surface area contributed by atoms with Gasteiger partial charge in [0.25, 0.3) is 0 Å². The number of aliphatic hydroxyl groups is 1. The Morgan fingerprint density at radius 1 is 1.25 bits per heavy atom. The number of aryl methyl sites for hydroxylation is 1. The monoisotopic (exact) mass is 276 g/mol. The number of hydrogen-bond acceptors (Lipinski definition) is 3. The summed E-state index contributed by atoms with van der Waals surface area (Å²) in [6.07, 6.45) is 2.10. The van der Waals surface area contributed by atoms with Gasteiger partial charge in [-0.1, -0.05) is 36.8 Å². The van der Waals surface area contributed by atoms with Gasteiger partial charge in [0.2, 0.25) is 0 Å². The lowest BCUT2D eigenvalue weighted by Crippen LogP contribution is -2.48. The third-order valence-corrected chi connectivity index (χ3v) is 4.03. The van der Waals surface area contributed by atoms with E-state index in [2.05, 4.69) is 48.3 Å². The number of hydrogen-bond donors (Lipinski definition) is 2. The van der Waals surface area contributed by atoms with Crippen LogP contribution in [0, 0.1) is 12.8 Å². The molecule has 0 aromatic heterocycles. The summed E-state index contributed by atoms with van der Waals surface area (Å²) in [7, 11) is 0. The summed E-state index contributed by atoms with van der Waals surface area (Å²) in [5, 5.41) is 12.4. The molecule has 1 heterocycles. The molecule has 3 nitrogen and oxygen atoms in total. The molecule has 20 heavy (non-hydrogen) atoms. The van der Waals surface area contributed by atoms with E-state index in [1.54, 1.807) is 0 Å². The fourth-order valence-corrected chi connectivity index (χ4v) is 3.08. The molecule has 1 aliphatic rings. The SMILES string of the molecule is Cc1ccc(CN2CC(C)CC(NCCCO)C2)cc1. The molecular formula is C17H28N2O. The summed E-state index contributed by atoms with van der Waals surface area (Å²) in [5.41, 5.74) is 2.73. The molecule has 0 radical (unpaired) electrons. The first-order chi connectivity index (χ1) is 9.67. The number of likely N-dealkylation sites (tertiary alicyclic amines) is 1. The Bertz CT molecular complexity index is 390. The van der Waals surface area contributed by atoms with Gasteiger partial charge in [-0.05, 0) is 37.8 Å². The molecule has 1 aromatic carbocycles. The first-order valence-electron chi connectivity index (χ1n) is 7.79. The van der Waals surface area contributed by atoms with Gasteiger partial charge in [0, 0.05) is 32.3 Å². The third-order valence-electron chi connectivity index (χ3n) is 4.03. The number of benzene rings is 1. The molecule has 1 aromatic rings. The van der Waals surface area contributed by atoms with Gasteiger partial charge in [-0.15, -0.1) is 0 Å². The Labute approximate surface area is 123 Å². The predicted octanol–water partition coefficient (Wildman–Crippen LogP) is 2.18. The molecular weight excluding hydrogens is 248 g/mol. The lowest BCUT2D eigenvalue weighted by atomic mass is 9.95. The molecule has 0 bridgehead atoms. The van der Waals surface area contributed by atoms with E-state index in [0.29, 0.717) is 6.04 Å². The Kier molecular flexibility index (Phi) is 6.02. The summed E-state index contributed by atoms with van der Waals surface area (Å²) < 4.78 is 0. The Hall–Kier alpha value is -0.900. The zero-order valence-corrected chi connectivity index (χ0v) is 12.8. The first kappa shape index (κ1) is 15.5. The fourth-order valence-electron chi connectivity index (χ4n) is 3.08. The van der Waals surface area contributed by atoms with Crippen LogP contribution in [0.5, 0.6) is 0 Å². The number of nitrogens with one attached hydrogen (secondary N) is 1. The predicted molar refractivity (Wildman–Crippen MR) is 83.7 cm³/mol. The molecule has 2 unspecified atom stereocenters. The largest absolute Gasteiger partial charge is 0.396 e. The van der Waals surface area contributed by atoms with Crippen molar-refractivity contribution in [2.45, 2.75) is 39.3 Å². The van der Waals surface area contributed by atoms with Gasteiger partial charge in [-0.3, -0.25) is 4.90 Å². The number of nitrogens with zero attached hydrogens (tertiary/aromatic N) is 1. The van der Waals surface area contributed by atoms with Crippen LogP contribution < -0.4 is 5.32 Å². The second-order valence-corrected chi connectivity index (χ2v) is 6.25. The minimum Gasteiger partial charge on any atom is -0.396 e. The Morgan fingerprint density at radius 3 is 2.70 bits per heavy atom. The van der Waals surface area contributed by atoms with Gasteiger partial charge in [0.1, 0.15) is 0 Å². The summed E-state index contributed by atoms with van der Waals surface area (Å²) >= 11 is 0. The van der Waals surface area contributed by atoms with Gasteiger partial charge in [0.15, 0.2) is 0 Å². The zero-order valence-electron chi connectivity index (χ0n) is 12.8. The van der Waals surface area contributed by atoms with Crippen LogP contribution in [-0.2, 0) is 6.54 Å². The van der Waals surface area contributed by atoms with Crippen LogP contribution in [0.2, 0.25) is 0 Å². The number of rotatable bonds is 6. The van der Waals surface area contributed by atoms with E-state index in [9.17, 15) is 0 Å². The van der Waals surface area contributed by atoms with Gasteiger partial charge in [-0.25, -0.2) is 0 Å². The standard InChI is InChI=1S/C17H28N2O/c1-14-4-6-16(7-5-14)12-19-11-15(2)10-17(13-19)18-8-3-9-20/h4-7,15,17-18,20H,3,8-13H2,1-2H3. The van der Waals surface area contributed by atoms with Crippen molar-refractivity contribution in [3.8, 4) is 0 Å². The maximum Gasteiger partial charge on any atom is 0.0443 e. The molecule has 112 valence electrons. The second-order valence-electron chi connectivity index (χ2n) is 6.25. The van der Waals surface area contributed by atoms with Crippen molar-refractivity contribution < 1.29 is 5.11 Å². The van der Waals surface area contributed by atoms with E-state index < -0.39 is 0 Å². The zero-order chi connectivity index (χ0) is 14.4. The van der Waals surface area contributed by atoms with Crippen LogP contribution in [-0.4, -0.2) is 42.3 Å². The molecule has 1 saturated heterocycles. The highest BCUT2D eigenvalue weighted by molar-refractivity contribution is 5.21. The highest BCUT2D eigenvalue weighted by Crippen LogP contribution is 2.18. The summed E-state index contributed by atoms with van der Waals surface area (Å²) in [5.74, 6) is 0.737. The lowest BCUT2D eigenvalue weighted by Gasteiger charge is -2.37. The average Bonchev–Trinajstić information content (AvgIpc) is 2.41. The van der Waals surface area contributed by atoms with Gasteiger partial charge in [0.05, 0.1) is 0 Å². The molecule has 0 amide bonds. The van der Waals surface area contributed by atoms with Crippen molar-refractivity contribution >= 4 is 0 Å². The summed E-state index contributed by atoms with van der Waals surface area (Å²) in [6.45, 7) is 9.02. The molecule has 1 fully saturated rings. The van der Waals surface area contributed by atoms with Gasteiger partial charge < -0.3 is 10.4 Å². The summed E-state index contributed by atoms with van der Waals surface area (Å²) in [6, 6.07) is 9.43. The van der Waals surface area contributed by atoms with Crippen molar-refractivity contribution in [2.24, 2.45) is 5.92 Å². The lowest BCUT2D eigenvalue weighted by molar-refractivity contribution is 0.141. The average molecular weight is 276 g/mol. The third kappa shape index (κ3) is 4.89. The van der Waals surface area contributed by atoms with E-state index >= 15 is 0 Å². The van der Waals surface area contributed by atoms with Crippen LogP contribution in [0.25, 0.3) is 0 Å². The van der Waals surface area contributed by atoms with Crippen molar-refractivity contribution in [2.75, 3.05) is 26.2 Å². The van der Waals surface area contributed by atoms with E-state index in [1.165, 1.54) is 24.1 Å². The molecule has 2 rings (SSSR count). The van der Waals surface area contributed by atoms with Crippen LogP contribution in [0.1, 0.15) is 30.9 Å². The van der Waals surface area contributed by atoms with Crippen LogP contribution in [0.15, 0.2) is 24.3 Å². The van der Waals surface area contributed by atoms with Crippen molar-refractivity contribution in [1.82, 2.24) is 10.2 Å². The molecule has 0 aliphatic carbocycles. The quantitative estimate of drug-likeness (QED) is 0.782. The maximum atomic E-state index is 8.87. The Balaban J connectivity index is 1.85. The molecule has 1 aliphatic heterocycles. The minimum absolute atomic E-state index is 0.280. The minimum atomic E-state index is 0.280. The van der Waals surface area contributed by atoms with E-state index in [4.69, 9.17) is 5.11 Å². The molecule has 0 spiro atoms. The highest BCUT2D eigenvalue weighted by atomic mass is 16.3. The van der Waals surface area contributed by atoms with Crippen molar-refractivity contribution in [3.05, 3.63) is 35.4 Å².